The Labute approximate surface area is 126 Å². The van der Waals surface area contributed by atoms with Crippen molar-refractivity contribution in [3.05, 3.63) is 23.9 Å². The fraction of sp³-hybridized carbons (Fsp3) is 0.385. The lowest BCUT2D eigenvalue weighted by Gasteiger charge is -2.31. The maximum atomic E-state index is 11.7. The fourth-order valence-electron chi connectivity index (χ4n) is 1.40. The summed E-state index contributed by atoms with van der Waals surface area (Å²) in [6.07, 6.45) is 3.96. The van der Waals surface area contributed by atoms with Crippen molar-refractivity contribution in [1.82, 2.24) is 4.90 Å². The first-order valence-electron chi connectivity index (χ1n) is 5.85. The second-order valence-electron chi connectivity index (χ2n) is 4.19. The monoisotopic (exact) mass is 309 g/mol. The third-order valence-corrected chi connectivity index (χ3v) is 2.89. The molecule has 21 heavy (non-hydrogen) atoms. The van der Waals surface area contributed by atoms with Crippen LogP contribution in [0.25, 0.3) is 0 Å². The van der Waals surface area contributed by atoms with Crippen LogP contribution in [0.1, 0.15) is 6.92 Å². The van der Waals surface area contributed by atoms with E-state index in [0.29, 0.717) is 0 Å². The van der Waals surface area contributed by atoms with Crippen LogP contribution in [0, 0.1) is 22.7 Å². The first-order chi connectivity index (χ1) is 9.95. The molecule has 1 saturated heterocycles. The van der Waals surface area contributed by atoms with Crippen molar-refractivity contribution in [3.63, 3.8) is 0 Å². The van der Waals surface area contributed by atoms with E-state index in [1.54, 1.807) is 0 Å². The number of cyclic esters (lactones) is 2. The number of esters is 2. The molecule has 1 rings (SSSR count). The van der Waals surface area contributed by atoms with E-state index in [1.165, 1.54) is 30.2 Å². The van der Waals surface area contributed by atoms with Gasteiger partial charge in [0, 0.05) is 13.1 Å². The summed E-state index contributed by atoms with van der Waals surface area (Å²) in [5.74, 6) is -3.33. The summed E-state index contributed by atoms with van der Waals surface area (Å²) in [6, 6.07) is 3.76. The van der Waals surface area contributed by atoms with Crippen LogP contribution < -0.4 is 0 Å². The summed E-state index contributed by atoms with van der Waals surface area (Å²) < 4.78 is 9.85. The summed E-state index contributed by atoms with van der Waals surface area (Å²) in [4.78, 5) is 24.8. The maximum Gasteiger partial charge on any atom is 0.348 e. The van der Waals surface area contributed by atoms with Gasteiger partial charge in [0.1, 0.15) is 18.7 Å². The van der Waals surface area contributed by atoms with Crippen LogP contribution in [-0.4, -0.2) is 41.6 Å². The highest BCUT2D eigenvalue weighted by atomic mass is 35.5. The molecule has 7 nitrogen and oxygen atoms in total. The predicted molar refractivity (Wildman–Crippen MR) is 71.3 cm³/mol. The van der Waals surface area contributed by atoms with Crippen LogP contribution in [0.5, 0.6) is 0 Å². The van der Waals surface area contributed by atoms with E-state index in [0.717, 1.165) is 0 Å². The standard InChI is InChI=1S/C13H12ClN3O4/c1-13(9-14)20-11(18)10(12(19)21-13)3-2-6-17(7-4-15)8-5-16/h2-3,6H,7-9H2,1H3/b6-2+,10-3?. The zero-order valence-corrected chi connectivity index (χ0v) is 12.0. The second-order valence-corrected chi connectivity index (χ2v) is 4.46. The number of carbonyl (C=O) groups excluding carboxylic acids is 2. The number of hydrogen-bond acceptors (Lipinski definition) is 7. The Morgan fingerprint density at radius 3 is 2.19 bits per heavy atom. The van der Waals surface area contributed by atoms with E-state index >= 15 is 0 Å². The zero-order valence-electron chi connectivity index (χ0n) is 11.2. The fourth-order valence-corrected chi connectivity index (χ4v) is 1.51. The average molecular weight is 310 g/mol. The summed E-state index contributed by atoms with van der Waals surface area (Å²) in [7, 11) is 0. The smallest absolute Gasteiger partial charge is 0.348 e. The van der Waals surface area contributed by atoms with Gasteiger partial charge in [0.25, 0.3) is 5.79 Å². The number of ether oxygens (including phenoxy) is 2. The summed E-state index contributed by atoms with van der Waals surface area (Å²) in [5, 5.41) is 17.1. The average Bonchev–Trinajstić information content (AvgIpc) is 2.42. The molecule has 0 N–H and O–H groups in total. The van der Waals surface area contributed by atoms with Gasteiger partial charge in [-0.2, -0.15) is 10.5 Å². The highest BCUT2D eigenvalue weighted by Gasteiger charge is 2.41. The molecule has 0 saturated carbocycles. The molecule has 0 atom stereocenters. The van der Waals surface area contributed by atoms with Crippen molar-refractivity contribution in [1.29, 1.82) is 10.5 Å². The van der Waals surface area contributed by atoms with E-state index in [2.05, 4.69) is 0 Å². The van der Waals surface area contributed by atoms with E-state index in [9.17, 15) is 9.59 Å². The second kappa shape index (κ2) is 7.32. The third kappa shape index (κ3) is 4.51. The zero-order chi connectivity index (χ0) is 15.9. The van der Waals surface area contributed by atoms with Crippen molar-refractivity contribution in [2.75, 3.05) is 19.0 Å². The molecule has 0 aromatic rings. The van der Waals surface area contributed by atoms with Gasteiger partial charge in [0.15, 0.2) is 0 Å². The van der Waals surface area contributed by atoms with Gasteiger partial charge in [-0.3, -0.25) is 0 Å². The Bertz CT molecular complexity index is 535. The minimum Gasteiger partial charge on any atom is -0.418 e. The molecule has 0 unspecified atom stereocenters. The van der Waals surface area contributed by atoms with Crippen LogP contribution in [0.3, 0.4) is 0 Å². The van der Waals surface area contributed by atoms with Crippen molar-refractivity contribution in [3.8, 4) is 12.1 Å². The quantitative estimate of drug-likeness (QED) is 0.243. The Balaban J connectivity index is 2.82. The van der Waals surface area contributed by atoms with Crippen molar-refractivity contribution in [2.24, 2.45) is 0 Å². The SMILES string of the molecule is CC1(CCl)OC(=O)C(=C/C=C/N(CC#N)CC#N)C(=O)O1. The minimum absolute atomic E-state index is 0.00639. The van der Waals surface area contributed by atoms with Gasteiger partial charge in [0.2, 0.25) is 0 Å². The summed E-state index contributed by atoms with van der Waals surface area (Å²) in [6.45, 7) is 1.39. The van der Waals surface area contributed by atoms with Crippen LogP contribution in [0.15, 0.2) is 23.9 Å². The topological polar surface area (TPSA) is 103 Å². The van der Waals surface area contributed by atoms with E-state index in [4.69, 9.17) is 31.6 Å². The van der Waals surface area contributed by atoms with Crippen LogP contribution in [0.2, 0.25) is 0 Å². The normalized spacial score (nSPS) is 21.2. The minimum atomic E-state index is -1.47. The van der Waals surface area contributed by atoms with Crippen molar-refractivity contribution >= 4 is 23.5 Å². The summed E-state index contributed by atoms with van der Waals surface area (Å²) in [5.41, 5.74) is -0.289. The van der Waals surface area contributed by atoms with E-state index in [1.807, 2.05) is 12.1 Å². The van der Waals surface area contributed by atoms with Crippen LogP contribution in [0.4, 0.5) is 0 Å². The first-order valence-corrected chi connectivity index (χ1v) is 6.38. The van der Waals surface area contributed by atoms with Gasteiger partial charge in [-0.25, -0.2) is 9.59 Å². The van der Waals surface area contributed by atoms with Crippen molar-refractivity contribution in [2.45, 2.75) is 12.7 Å². The lowest BCUT2D eigenvalue weighted by atomic mass is 10.2. The summed E-state index contributed by atoms with van der Waals surface area (Å²) >= 11 is 5.56. The van der Waals surface area contributed by atoms with Gasteiger partial charge in [0.05, 0.1) is 18.0 Å². The Morgan fingerprint density at radius 1 is 1.24 bits per heavy atom. The molecule has 0 amide bonds. The lowest BCUT2D eigenvalue weighted by molar-refractivity contribution is -0.221. The Hall–Kier alpha value is -2.51. The van der Waals surface area contributed by atoms with Crippen LogP contribution in [-0.2, 0) is 19.1 Å². The number of rotatable bonds is 5. The molecule has 0 bridgehead atoms. The molecule has 0 radical (unpaired) electrons. The molecule has 1 aliphatic rings. The molecule has 0 aliphatic carbocycles. The molecule has 0 spiro atoms. The third-order valence-electron chi connectivity index (χ3n) is 2.41. The van der Waals surface area contributed by atoms with E-state index in [-0.39, 0.29) is 24.5 Å². The molecule has 8 heteroatoms. The largest absolute Gasteiger partial charge is 0.418 e. The number of nitrogens with zero attached hydrogens (tertiary/aromatic N) is 3. The number of nitriles is 2. The van der Waals surface area contributed by atoms with Gasteiger partial charge >= 0.3 is 11.9 Å². The number of carbonyl (C=O) groups is 2. The van der Waals surface area contributed by atoms with E-state index < -0.39 is 17.7 Å². The number of halogens is 1. The lowest BCUT2D eigenvalue weighted by Crippen LogP contribution is -2.45. The van der Waals surface area contributed by atoms with Gasteiger partial charge in [-0.05, 0) is 12.2 Å². The molecule has 1 aliphatic heterocycles. The number of hydrogen-bond donors (Lipinski definition) is 0. The molecule has 0 aromatic carbocycles. The molecule has 1 heterocycles. The van der Waals surface area contributed by atoms with Gasteiger partial charge in [-0.1, -0.05) is 0 Å². The van der Waals surface area contributed by atoms with Crippen LogP contribution >= 0.6 is 11.6 Å². The number of allylic oxidation sites excluding steroid dienone is 2. The molecule has 110 valence electrons. The molecule has 0 aromatic heterocycles. The predicted octanol–water partition coefficient (Wildman–Crippen LogP) is 0.831. The highest BCUT2D eigenvalue weighted by Crippen LogP contribution is 2.24. The molecule has 1 fully saturated rings. The Kier molecular flexibility index (Phi) is 5.77. The van der Waals surface area contributed by atoms with Gasteiger partial charge in [-0.15, -0.1) is 11.6 Å². The molecular formula is C13H12ClN3O4. The molecular weight excluding hydrogens is 298 g/mol. The maximum absolute atomic E-state index is 11.7. The first kappa shape index (κ1) is 16.5. The Morgan fingerprint density at radius 2 is 1.76 bits per heavy atom. The van der Waals surface area contributed by atoms with Crippen molar-refractivity contribution < 1.29 is 19.1 Å². The highest BCUT2D eigenvalue weighted by molar-refractivity contribution is 6.20. The van der Waals surface area contributed by atoms with Gasteiger partial charge < -0.3 is 14.4 Å². The number of alkyl halides is 1.